The summed E-state index contributed by atoms with van der Waals surface area (Å²) in [6.45, 7) is 4.01. The van der Waals surface area contributed by atoms with Crippen LogP contribution in [0, 0.1) is 6.92 Å². The fraction of sp³-hybridized carbons (Fsp3) is 0.214. The van der Waals surface area contributed by atoms with E-state index in [1.807, 2.05) is 26.0 Å². The first-order valence-corrected chi connectivity index (χ1v) is 7.09. The number of hydrogen-bond acceptors (Lipinski definition) is 3. The molecule has 0 aliphatic heterocycles. The molecule has 3 N–H and O–H groups in total. The Hall–Kier alpha value is -1.52. The minimum atomic E-state index is -0.151. The predicted octanol–water partition coefficient (Wildman–Crippen LogP) is 3.78. The summed E-state index contributed by atoms with van der Waals surface area (Å²) in [5.41, 5.74) is 6.62. The van der Waals surface area contributed by atoms with Gasteiger partial charge in [0.25, 0.3) is 5.91 Å². The SMILES string of the molecule is Cc1ccc(C(C)NC(=O)c2ccc(Cl)c(N)c2)s1. The molecule has 1 amide bonds. The molecule has 0 aliphatic carbocycles. The maximum absolute atomic E-state index is 12.1. The van der Waals surface area contributed by atoms with Crippen LogP contribution >= 0.6 is 22.9 Å². The molecule has 1 atom stereocenters. The number of aryl methyl sites for hydroxylation is 1. The van der Waals surface area contributed by atoms with E-state index in [2.05, 4.69) is 5.32 Å². The molecule has 0 saturated carbocycles. The lowest BCUT2D eigenvalue weighted by Crippen LogP contribution is -2.26. The Morgan fingerprint density at radius 1 is 1.37 bits per heavy atom. The average molecular weight is 295 g/mol. The van der Waals surface area contributed by atoms with Crippen molar-refractivity contribution in [2.24, 2.45) is 0 Å². The standard InChI is InChI=1S/C14H15ClN2OS/c1-8-3-6-13(19-8)9(2)17-14(18)10-4-5-11(15)12(16)7-10/h3-7,9H,16H2,1-2H3,(H,17,18). The van der Waals surface area contributed by atoms with Crippen molar-refractivity contribution in [3.63, 3.8) is 0 Å². The molecule has 0 aliphatic rings. The van der Waals surface area contributed by atoms with E-state index >= 15 is 0 Å². The molecule has 0 radical (unpaired) electrons. The first kappa shape index (κ1) is 13.9. The van der Waals surface area contributed by atoms with Crippen LogP contribution in [0.15, 0.2) is 30.3 Å². The Morgan fingerprint density at radius 2 is 2.11 bits per heavy atom. The van der Waals surface area contributed by atoms with Gasteiger partial charge in [0.05, 0.1) is 16.8 Å². The Bertz CT molecular complexity index is 609. The average Bonchev–Trinajstić information content (AvgIpc) is 2.79. The minimum absolute atomic E-state index is 0.0249. The van der Waals surface area contributed by atoms with Crippen molar-refractivity contribution in [3.05, 3.63) is 50.7 Å². The van der Waals surface area contributed by atoms with Crippen molar-refractivity contribution in [1.29, 1.82) is 0 Å². The lowest BCUT2D eigenvalue weighted by molar-refractivity contribution is 0.0940. The van der Waals surface area contributed by atoms with Gasteiger partial charge in [0.2, 0.25) is 0 Å². The zero-order valence-electron chi connectivity index (χ0n) is 10.7. The van der Waals surface area contributed by atoms with Gasteiger partial charge in [0.1, 0.15) is 0 Å². The highest BCUT2D eigenvalue weighted by molar-refractivity contribution is 7.12. The molecule has 100 valence electrons. The second kappa shape index (κ2) is 5.63. The Labute approximate surface area is 121 Å². The Morgan fingerprint density at radius 3 is 2.68 bits per heavy atom. The van der Waals surface area contributed by atoms with Gasteiger partial charge in [-0.05, 0) is 44.2 Å². The van der Waals surface area contributed by atoms with E-state index in [0.29, 0.717) is 16.3 Å². The number of halogens is 1. The van der Waals surface area contributed by atoms with E-state index < -0.39 is 0 Å². The predicted molar refractivity (Wildman–Crippen MR) is 80.8 cm³/mol. The maximum atomic E-state index is 12.1. The van der Waals surface area contributed by atoms with Gasteiger partial charge in [0, 0.05) is 15.3 Å². The Kier molecular flexibility index (Phi) is 4.12. The van der Waals surface area contributed by atoms with Crippen LogP contribution in [-0.4, -0.2) is 5.91 Å². The molecule has 1 aromatic heterocycles. The second-order valence-electron chi connectivity index (χ2n) is 4.38. The first-order valence-electron chi connectivity index (χ1n) is 5.89. The van der Waals surface area contributed by atoms with Crippen LogP contribution in [0.3, 0.4) is 0 Å². The molecule has 5 heteroatoms. The molecule has 3 nitrogen and oxygen atoms in total. The molecule has 1 aromatic carbocycles. The van der Waals surface area contributed by atoms with E-state index in [1.165, 1.54) is 4.88 Å². The number of nitrogens with two attached hydrogens (primary N) is 1. The fourth-order valence-corrected chi connectivity index (χ4v) is 2.72. The van der Waals surface area contributed by atoms with E-state index in [4.69, 9.17) is 17.3 Å². The van der Waals surface area contributed by atoms with Gasteiger partial charge in [0.15, 0.2) is 0 Å². The zero-order chi connectivity index (χ0) is 14.0. The zero-order valence-corrected chi connectivity index (χ0v) is 12.3. The number of anilines is 1. The summed E-state index contributed by atoms with van der Waals surface area (Å²) < 4.78 is 0. The van der Waals surface area contributed by atoms with E-state index in [-0.39, 0.29) is 11.9 Å². The minimum Gasteiger partial charge on any atom is -0.398 e. The van der Waals surface area contributed by atoms with E-state index in [9.17, 15) is 4.79 Å². The van der Waals surface area contributed by atoms with Gasteiger partial charge < -0.3 is 11.1 Å². The molecule has 0 saturated heterocycles. The number of thiophene rings is 1. The molecule has 1 heterocycles. The third kappa shape index (κ3) is 3.28. The third-order valence-electron chi connectivity index (χ3n) is 2.79. The van der Waals surface area contributed by atoms with Gasteiger partial charge in [-0.2, -0.15) is 0 Å². The smallest absolute Gasteiger partial charge is 0.251 e. The van der Waals surface area contributed by atoms with E-state index in [1.54, 1.807) is 29.5 Å². The van der Waals surface area contributed by atoms with Crippen LogP contribution in [0.2, 0.25) is 5.02 Å². The first-order chi connectivity index (χ1) is 8.97. The molecule has 1 unspecified atom stereocenters. The number of benzene rings is 1. The molecule has 2 aromatic rings. The lowest BCUT2D eigenvalue weighted by Gasteiger charge is -2.12. The molecule has 0 fully saturated rings. The van der Waals surface area contributed by atoms with Gasteiger partial charge in [-0.25, -0.2) is 0 Å². The molecule has 0 spiro atoms. The number of carbonyl (C=O) groups excluding carboxylic acids is 1. The highest BCUT2D eigenvalue weighted by Gasteiger charge is 2.13. The summed E-state index contributed by atoms with van der Waals surface area (Å²) in [6, 6.07) is 8.93. The normalized spacial score (nSPS) is 12.2. The number of hydrogen-bond donors (Lipinski definition) is 2. The molecule has 0 bridgehead atoms. The van der Waals surface area contributed by atoms with Crippen LogP contribution in [0.5, 0.6) is 0 Å². The topological polar surface area (TPSA) is 55.1 Å². The monoisotopic (exact) mass is 294 g/mol. The van der Waals surface area contributed by atoms with Crippen molar-refractivity contribution < 1.29 is 4.79 Å². The quantitative estimate of drug-likeness (QED) is 0.846. The molecular weight excluding hydrogens is 280 g/mol. The van der Waals surface area contributed by atoms with Crippen LogP contribution in [0.25, 0.3) is 0 Å². The highest BCUT2D eigenvalue weighted by atomic mass is 35.5. The summed E-state index contributed by atoms with van der Waals surface area (Å²) in [6.07, 6.45) is 0. The van der Waals surface area contributed by atoms with Crippen molar-refractivity contribution >= 4 is 34.5 Å². The molecule has 2 rings (SSSR count). The van der Waals surface area contributed by atoms with Gasteiger partial charge >= 0.3 is 0 Å². The summed E-state index contributed by atoms with van der Waals surface area (Å²) in [5.74, 6) is -0.151. The van der Waals surface area contributed by atoms with Gasteiger partial charge in [-0.15, -0.1) is 11.3 Å². The van der Waals surface area contributed by atoms with Crippen molar-refractivity contribution in [2.75, 3.05) is 5.73 Å². The van der Waals surface area contributed by atoms with Crippen LogP contribution in [-0.2, 0) is 0 Å². The molecule has 19 heavy (non-hydrogen) atoms. The number of amides is 1. The van der Waals surface area contributed by atoms with Crippen molar-refractivity contribution in [2.45, 2.75) is 19.9 Å². The van der Waals surface area contributed by atoms with Crippen LogP contribution < -0.4 is 11.1 Å². The largest absolute Gasteiger partial charge is 0.398 e. The molecular formula is C14H15ClN2OS. The summed E-state index contributed by atoms with van der Waals surface area (Å²) in [5, 5.41) is 3.40. The number of carbonyl (C=O) groups is 1. The van der Waals surface area contributed by atoms with Crippen molar-refractivity contribution in [1.82, 2.24) is 5.32 Å². The van der Waals surface area contributed by atoms with Crippen LogP contribution in [0.1, 0.15) is 33.1 Å². The third-order valence-corrected chi connectivity index (χ3v) is 4.32. The number of nitrogens with one attached hydrogen (secondary N) is 1. The second-order valence-corrected chi connectivity index (χ2v) is 6.11. The maximum Gasteiger partial charge on any atom is 0.251 e. The van der Waals surface area contributed by atoms with Crippen LogP contribution in [0.4, 0.5) is 5.69 Å². The highest BCUT2D eigenvalue weighted by Crippen LogP contribution is 2.23. The van der Waals surface area contributed by atoms with Gasteiger partial charge in [-0.1, -0.05) is 11.6 Å². The Balaban J connectivity index is 2.10. The van der Waals surface area contributed by atoms with E-state index in [0.717, 1.165) is 4.88 Å². The van der Waals surface area contributed by atoms with Crippen molar-refractivity contribution in [3.8, 4) is 0 Å². The summed E-state index contributed by atoms with van der Waals surface area (Å²) >= 11 is 7.51. The lowest BCUT2D eigenvalue weighted by atomic mass is 10.1. The van der Waals surface area contributed by atoms with Gasteiger partial charge in [-0.3, -0.25) is 4.79 Å². The summed E-state index contributed by atoms with van der Waals surface area (Å²) in [7, 11) is 0. The summed E-state index contributed by atoms with van der Waals surface area (Å²) in [4.78, 5) is 14.5. The number of nitrogen functional groups attached to an aromatic ring is 1. The fourth-order valence-electron chi connectivity index (χ4n) is 1.72. The number of rotatable bonds is 3.